The zero-order chi connectivity index (χ0) is 15.2. The highest BCUT2D eigenvalue weighted by Crippen LogP contribution is 2.29. The minimum Gasteiger partial charge on any atom is -0.339 e. The third kappa shape index (κ3) is 4.03. The van der Waals surface area contributed by atoms with E-state index < -0.39 is 0 Å². The van der Waals surface area contributed by atoms with Gasteiger partial charge in [-0.1, -0.05) is 35.8 Å². The first-order chi connectivity index (χ1) is 10.2. The molecule has 1 aromatic carbocycles. The number of carbonyl (C=O) groups excluding carboxylic acids is 1. The Hall–Kier alpha value is -1.42. The van der Waals surface area contributed by atoms with E-state index in [4.69, 9.17) is 0 Å². The number of benzene rings is 1. The summed E-state index contributed by atoms with van der Waals surface area (Å²) in [6.07, 6.45) is 6.37. The maximum absolute atomic E-state index is 12.7. The van der Waals surface area contributed by atoms with Gasteiger partial charge in [-0.05, 0) is 31.1 Å². The Balaban J connectivity index is 2.29. The Morgan fingerprint density at radius 3 is 2.67 bits per heavy atom. The molecule has 3 nitrogen and oxygen atoms in total. The van der Waals surface area contributed by atoms with Gasteiger partial charge in [-0.25, -0.2) is 0 Å². The third-order valence-corrected chi connectivity index (χ3v) is 3.91. The second kappa shape index (κ2) is 7.55. The largest absolute Gasteiger partial charge is 0.339 e. The number of aliphatic imine (C=N–C) groups is 1. The summed E-state index contributed by atoms with van der Waals surface area (Å²) < 4.78 is 1.00. The fourth-order valence-corrected chi connectivity index (χ4v) is 2.80. The zero-order valence-electron chi connectivity index (χ0n) is 12.6. The number of hydrogen-bond donors (Lipinski definition) is 0. The summed E-state index contributed by atoms with van der Waals surface area (Å²) in [4.78, 5) is 19.1. The molecule has 0 aromatic heterocycles. The van der Waals surface area contributed by atoms with E-state index in [2.05, 4.69) is 34.8 Å². The zero-order valence-corrected chi connectivity index (χ0v) is 14.2. The predicted octanol–water partition coefficient (Wildman–Crippen LogP) is 4.59. The lowest BCUT2D eigenvalue weighted by molar-refractivity contribution is -0.127. The van der Waals surface area contributed by atoms with E-state index in [0.29, 0.717) is 6.42 Å². The molecule has 1 aromatic rings. The Kier molecular flexibility index (Phi) is 5.74. The number of rotatable bonds is 5. The monoisotopic (exact) mass is 348 g/mol. The molecule has 1 amide bonds. The summed E-state index contributed by atoms with van der Waals surface area (Å²) in [5.74, 6) is 0.140. The fourth-order valence-electron chi connectivity index (χ4n) is 2.45. The second-order valence-corrected chi connectivity index (χ2v) is 6.10. The topological polar surface area (TPSA) is 32.7 Å². The molecule has 4 heteroatoms. The molecular weight excluding hydrogens is 328 g/mol. The van der Waals surface area contributed by atoms with Crippen molar-refractivity contribution in [1.29, 1.82) is 0 Å². The number of halogens is 1. The first-order valence-corrected chi connectivity index (χ1v) is 8.27. The molecule has 0 N–H and O–H groups in total. The smallest absolute Gasteiger partial charge is 0.250 e. The van der Waals surface area contributed by atoms with Gasteiger partial charge in [0.1, 0.15) is 0 Å². The lowest BCUT2D eigenvalue weighted by Gasteiger charge is -2.22. The molecule has 0 aliphatic carbocycles. The van der Waals surface area contributed by atoms with Crippen molar-refractivity contribution < 1.29 is 4.79 Å². The molecule has 1 heterocycles. The quantitative estimate of drug-likeness (QED) is 0.765. The van der Waals surface area contributed by atoms with Crippen LogP contribution in [0.1, 0.15) is 38.7 Å². The summed E-state index contributed by atoms with van der Waals surface area (Å²) in [5, 5.41) is 0. The second-order valence-electron chi connectivity index (χ2n) is 5.18. The molecule has 0 spiro atoms. The van der Waals surface area contributed by atoms with Gasteiger partial charge in [-0.3, -0.25) is 9.79 Å². The highest BCUT2D eigenvalue weighted by molar-refractivity contribution is 9.10. The summed E-state index contributed by atoms with van der Waals surface area (Å²) in [6.45, 7) is 5.83. The van der Waals surface area contributed by atoms with Crippen LogP contribution in [0, 0.1) is 0 Å². The molecule has 0 fully saturated rings. The van der Waals surface area contributed by atoms with E-state index in [9.17, 15) is 4.79 Å². The minimum atomic E-state index is 0.140. The van der Waals surface area contributed by atoms with Crippen LogP contribution < -0.4 is 0 Å². The van der Waals surface area contributed by atoms with Gasteiger partial charge in [0.15, 0.2) is 0 Å². The Bertz CT molecular complexity index is 572. The summed E-state index contributed by atoms with van der Waals surface area (Å²) >= 11 is 3.45. The van der Waals surface area contributed by atoms with Crippen molar-refractivity contribution in [2.45, 2.75) is 33.1 Å². The summed E-state index contributed by atoms with van der Waals surface area (Å²) in [7, 11) is 0. The van der Waals surface area contributed by atoms with Crippen LogP contribution >= 0.6 is 15.9 Å². The third-order valence-electron chi connectivity index (χ3n) is 3.41. The highest BCUT2D eigenvalue weighted by atomic mass is 79.9. The number of carbonyl (C=O) groups is 1. The van der Waals surface area contributed by atoms with Gasteiger partial charge < -0.3 is 4.90 Å². The SMILES string of the molecule is CCCN(CCC)C(=O)C1=Cc2ccc(Br)cc2N=CC1. The molecule has 2 rings (SSSR count). The molecular formula is C17H21BrN2O. The van der Waals surface area contributed by atoms with Crippen LogP contribution in [0.3, 0.4) is 0 Å². The van der Waals surface area contributed by atoms with E-state index in [1.165, 1.54) is 0 Å². The average Bonchev–Trinajstić information content (AvgIpc) is 2.68. The van der Waals surface area contributed by atoms with E-state index in [0.717, 1.165) is 47.2 Å². The Morgan fingerprint density at radius 1 is 1.29 bits per heavy atom. The van der Waals surface area contributed by atoms with Crippen LogP contribution in [-0.4, -0.2) is 30.1 Å². The normalized spacial score (nSPS) is 13.4. The van der Waals surface area contributed by atoms with E-state index in [1.807, 2.05) is 35.4 Å². The van der Waals surface area contributed by atoms with Gasteiger partial charge >= 0.3 is 0 Å². The van der Waals surface area contributed by atoms with Crippen LogP contribution in [0.4, 0.5) is 5.69 Å². The Morgan fingerprint density at radius 2 is 2.00 bits per heavy atom. The van der Waals surface area contributed by atoms with Crippen molar-refractivity contribution in [3.05, 3.63) is 33.8 Å². The van der Waals surface area contributed by atoms with Crippen molar-refractivity contribution in [2.75, 3.05) is 13.1 Å². The van der Waals surface area contributed by atoms with Crippen molar-refractivity contribution in [3.8, 4) is 0 Å². The molecule has 21 heavy (non-hydrogen) atoms. The molecule has 1 aliphatic heterocycles. The van der Waals surface area contributed by atoms with Crippen molar-refractivity contribution >= 4 is 39.8 Å². The van der Waals surface area contributed by atoms with Gasteiger partial charge in [0, 0.05) is 41.3 Å². The predicted molar refractivity (Wildman–Crippen MR) is 92.1 cm³/mol. The van der Waals surface area contributed by atoms with E-state index in [1.54, 1.807) is 0 Å². The molecule has 0 bridgehead atoms. The standard InChI is InChI=1S/C17H21BrN2O/c1-3-9-20(10-4-2)17(21)14-7-8-19-16-12-15(18)6-5-13(16)11-14/h5-6,8,11-12H,3-4,7,9-10H2,1-2H3. The Labute approximate surface area is 134 Å². The number of fused-ring (bicyclic) bond motifs is 1. The van der Waals surface area contributed by atoms with E-state index in [-0.39, 0.29) is 5.91 Å². The van der Waals surface area contributed by atoms with Crippen LogP contribution in [0.25, 0.3) is 6.08 Å². The molecule has 0 radical (unpaired) electrons. The van der Waals surface area contributed by atoms with Crippen LogP contribution in [0.15, 0.2) is 33.2 Å². The van der Waals surface area contributed by atoms with Crippen molar-refractivity contribution in [3.63, 3.8) is 0 Å². The van der Waals surface area contributed by atoms with Gasteiger partial charge in [0.05, 0.1) is 5.69 Å². The van der Waals surface area contributed by atoms with Gasteiger partial charge in [0.2, 0.25) is 5.91 Å². The van der Waals surface area contributed by atoms with Crippen LogP contribution in [0.2, 0.25) is 0 Å². The molecule has 0 saturated heterocycles. The lowest BCUT2D eigenvalue weighted by Crippen LogP contribution is -2.33. The van der Waals surface area contributed by atoms with Gasteiger partial charge in [0.25, 0.3) is 0 Å². The molecule has 0 unspecified atom stereocenters. The maximum atomic E-state index is 12.7. The molecule has 112 valence electrons. The van der Waals surface area contributed by atoms with Crippen LogP contribution in [0.5, 0.6) is 0 Å². The fraction of sp³-hybridized carbons (Fsp3) is 0.412. The lowest BCUT2D eigenvalue weighted by atomic mass is 10.1. The van der Waals surface area contributed by atoms with Gasteiger partial charge in [-0.15, -0.1) is 0 Å². The molecule has 0 saturated carbocycles. The van der Waals surface area contributed by atoms with Crippen molar-refractivity contribution in [1.82, 2.24) is 4.90 Å². The maximum Gasteiger partial charge on any atom is 0.250 e. The number of nitrogens with zero attached hydrogens (tertiary/aromatic N) is 2. The minimum absolute atomic E-state index is 0.140. The molecule has 0 atom stereocenters. The summed E-state index contributed by atoms with van der Waals surface area (Å²) in [6, 6.07) is 5.96. The summed E-state index contributed by atoms with van der Waals surface area (Å²) in [5.41, 5.74) is 2.73. The van der Waals surface area contributed by atoms with Crippen molar-refractivity contribution in [2.24, 2.45) is 4.99 Å². The van der Waals surface area contributed by atoms with Gasteiger partial charge in [-0.2, -0.15) is 0 Å². The highest BCUT2D eigenvalue weighted by Gasteiger charge is 2.18. The number of hydrogen-bond acceptors (Lipinski definition) is 2. The average molecular weight is 349 g/mol. The first-order valence-electron chi connectivity index (χ1n) is 7.47. The van der Waals surface area contributed by atoms with Crippen LogP contribution in [-0.2, 0) is 4.79 Å². The first kappa shape index (κ1) is 16.0. The molecule has 1 aliphatic rings. The van der Waals surface area contributed by atoms with E-state index >= 15 is 0 Å². The number of amides is 1.